The second-order valence-corrected chi connectivity index (χ2v) is 6.98. The molecule has 3 amide bonds. The molecule has 3 N–H and O–H groups in total. The predicted molar refractivity (Wildman–Crippen MR) is 104 cm³/mol. The van der Waals surface area contributed by atoms with Crippen LogP contribution in [0.25, 0.3) is 0 Å². The molecule has 0 atom stereocenters. The Morgan fingerprint density at radius 3 is 2.60 bits per heavy atom. The molecule has 0 saturated heterocycles. The minimum atomic E-state index is -0.610. The normalized spacial score (nSPS) is 10.2. The van der Waals surface area contributed by atoms with Crippen LogP contribution < -0.4 is 16.2 Å². The van der Waals surface area contributed by atoms with Crippen molar-refractivity contribution in [2.75, 3.05) is 11.1 Å². The van der Waals surface area contributed by atoms with E-state index in [0.717, 1.165) is 11.3 Å². The summed E-state index contributed by atoms with van der Waals surface area (Å²) in [6.07, 6.45) is 0. The van der Waals surface area contributed by atoms with E-state index in [1.807, 2.05) is 25.1 Å². The Morgan fingerprint density at radius 2 is 1.84 bits per heavy atom. The van der Waals surface area contributed by atoms with E-state index in [9.17, 15) is 9.59 Å². The van der Waals surface area contributed by atoms with Crippen molar-refractivity contribution in [2.45, 2.75) is 12.7 Å². The average molecular weight is 398 g/mol. The van der Waals surface area contributed by atoms with Crippen molar-refractivity contribution in [2.24, 2.45) is 0 Å². The van der Waals surface area contributed by atoms with Crippen molar-refractivity contribution in [1.82, 2.24) is 10.9 Å². The molecule has 2 aromatic carbocycles. The summed E-state index contributed by atoms with van der Waals surface area (Å²) in [4.78, 5) is 23.5. The Morgan fingerprint density at radius 1 is 1.08 bits per heavy atom. The number of rotatable bonds is 5. The SMILES string of the molecule is Cc1cccc(CSCC(=O)NNC(=O)Nc2cccc(Cl)c2Cl)c1. The molecule has 0 bridgehead atoms. The highest BCUT2D eigenvalue weighted by Crippen LogP contribution is 2.29. The number of hydrogen-bond acceptors (Lipinski definition) is 3. The van der Waals surface area contributed by atoms with Crippen molar-refractivity contribution < 1.29 is 9.59 Å². The molecule has 2 rings (SSSR count). The summed E-state index contributed by atoms with van der Waals surface area (Å²) in [5.41, 5.74) is 7.30. The Bertz CT molecular complexity index is 771. The van der Waals surface area contributed by atoms with Gasteiger partial charge in [-0.2, -0.15) is 0 Å². The third kappa shape index (κ3) is 6.49. The number of urea groups is 1. The van der Waals surface area contributed by atoms with Crippen LogP contribution >= 0.6 is 35.0 Å². The minimum Gasteiger partial charge on any atom is -0.305 e. The van der Waals surface area contributed by atoms with Crippen LogP contribution in [0.5, 0.6) is 0 Å². The maximum atomic E-state index is 11.8. The van der Waals surface area contributed by atoms with E-state index in [1.165, 1.54) is 17.3 Å². The van der Waals surface area contributed by atoms with Gasteiger partial charge in [0.05, 0.1) is 21.5 Å². The number of hydrogen-bond donors (Lipinski definition) is 3. The van der Waals surface area contributed by atoms with Gasteiger partial charge in [-0.3, -0.25) is 10.2 Å². The van der Waals surface area contributed by atoms with E-state index >= 15 is 0 Å². The number of carbonyl (C=O) groups is 2. The van der Waals surface area contributed by atoms with Gasteiger partial charge in [-0.05, 0) is 24.6 Å². The van der Waals surface area contributed by atoms with Crippen LogP contribution in [0.3, 0.4) is 0 Å². The van der Waals surface area contributed by atoms with Crippen LogP contribution in [0.15, 0.2) is 42.5 Å². The molecule has 132 valence electrons. The van der Waals surface area contributed by atoms with Gasteiger partial charge in [0.25, 0.3) is 0 Å². The fourth-order valence-electron chi connectivity index (χ4n) is 1.98. The molecule has 0 radical (unpaired) electrons. The lowest BCUT2D eigenvalue weighted by molar-refractivity contribution is -0.119. The second-order valence-electron chi connectivity index (χ2n) is 5.21. The topological polar surface area (TPSA) is 70.2 Å². The number of benzene rings is 2. The Labute approximate surface area is 160 Å². The summed E-state index contributed by atoms with van der Waals surface area (Å²) >= 11 is 13.3. The van der Waals surface area contributed by atoms with E-state index in [0.29, 0.717) is 10.7 Å². The maximum absolute atomic E-state index is 11.8. The molecule has 0 aliphatic carbocycles. The van der Waals surface area contributed by atoms with Gasteiger partial charge >= 0.3 is 6.03 Å². The van der Waals surface area contributed by atoms with Crippen molar-refractivity contribution in [1.29, 1.82) is 0 Å². The molecule has 25 heavy (non-hydrogen) atoms. The van der Waals surface area contributed by atoms with Gasteiger partial charge in [-0.25, -0.2) is 10.2 Å². The van der Waals surface area contributed by atoms with E-state index in [4.69, 9.17) is 23.2 Å². The zero-order valence-electron chi connectivity index (χ0n) is 13.4. The summed E-state index contributed by atoms with van der Waals surface area (Å²) in [6, 6.07) is 12.4. The van der Waals surface area contributed by atoms with Gasteiger partial charge in [0.2, 0.25) is 5.91 Å². The molecular weight excluding hydrogens is 381 g/mol. The standard InChI is InChI=1S/C17H17Cl2N3O2S/c1-11-4-2-5-12(8-11)9-25-10-15(23)21-22-17(24)20-14-7-3-6-13(18)16(14)19/h2-8H,9-10H2,1H3,(H,21,23)(H2,20,22,24). The monoisotopic (exact) mass is 397 g/mol. The zero-order chi connectivity index (χ0) is 18.2. The van der Waals surface area contributed by atoms with E-state index in [2.05, 4.69) is 22.2 Å². The number of aryl methyl sites for hydroxylation is 1. The quantitative estimate of drug-likeness (QED) is 0.655. The van der Waals surface area contributed by atoms with E-state index in [-0.39, 0.29) is 16.7 Å². The first-order chi connectivity index (χ1) is 12.0. The number of amides is 3. The molecule has 0 heterocycles. The molecule has 0 aliphatic rings. The van der Waals surface area contributed by atoms with Crippen LogP contribution in [0, 0.1) is 6.92 Å². The molecule has 0 saturated carbocycles. The largest absolute Gasteiger partial charge is 0.337 e. The Balaban J connectivity index is 1.70. The lowest BCUT2D eigenvalue weighted by atomic mass is 10.2. The first kappa shape index (κ1) is 19.4. The summed E-state index contributed by atoms with van der Waals surface area (Å²) in [5.74, 6) is 0.649. The fourth-order valence-corrected chi connectivity index (χ4v) is 3.10. The number of thioether (sulfide) groups is 1. The van der Waals surface area contributed by atoms with Gasteiger partial charge in [0.15, 0.2) is 0 Å². The van der Waals surface area contributed by atoms with Crippen LogP contribution in [0.2, 0.25) is 10.0 Å². The number of halogens is 2. The van der Waals surface area contributed by atoms with E-state index < -0.39 is 6.03 Å². The van der Waals surface area contributed by atoms with Crippen LogP contribution in [0.1, 0.15) is 11.1 Å². The predicted octanol–water partition coefficient (Wildman–Crippen LogP) is 4.39. The third-order valence-corrected chi connectivity index (χ3v) is 4.92. The number of anilines is 1. The first-order valence-electron chi connectivity index (χ1n) is 7.39. The maximum Gasteiger partial charge on any atom is 0.337 e. The molecule has 0 spiro atoms. The van der Waals surface area contributed by atoms with Crippen molar-refractivity contribution in [3.63, 3.8) is 0 Å². The fraction of sp³-hybridized carbons (Fsp3) is 0.176. The Kier molecular flexibility index (Phi) is 7.43. The molecule has 0 unspecified atom stereocenters. The Hall–Kier alpha value is -1.89. The minimum absolute atomic E-state index is 0.228. The lowest BCUT2D eigenvalue weighted by Crippen LogP contribution is -2.44. The third-order valence-electron chi connectivity index (χ3n) is 3.10. The lowest BCUT2D eigenvalue weighted by Gasteiger charge is -2.10. The number of carbonyl (C=O) groups excluding carboxylic acids is 2. The van der Waals surface area contributed by atoms with Crippen molar-refractivity contribution in [3.05, 3.63) is 63.6 Å². The van der Waals surface area contributed by atoms with Gasteiger partial charge in [0, 0.05) is 5.75 Å². The van der Waals surface area contributed by atoms with Crippen molar-refractivity contribution in [3.8, 4) is 0 Å². The molecule has 8 heteroatoms. The number of hydrazine groups is 1. The summed E-state index contributed by atoms with van der Waals surface area (Å²) < 4.78 is 0. The highest BCUT2D eigenvalue weighted by Gasteiger charge is 2.09. The van der Waals surface area contributed by atoms with Gasteiger partial charge in [-0.1, -0.05) is 59.1 Å². The van der Waals surface area contributed by atoms with Gasteiger partial charge < -0.3 is 5.32 Å². The molecule has 0 aromatic heterocycles. The molecule has 5 nitrogen and oxygen atoms in total. The van der Waals surface area contributed by atoms with Crippen molar-refractivity contribution >= 4 is 52.6 Å². The summed E-state index contributed by atoms with van der Waals surface area (Å²) in [6.45, 7) is 2.02. The van der Waals surface area contributed by atoms with Crippen LogP contribution in [-0.2, 0) is 10.5 Å². The number of nitrogens with one attached hydrogen (secondary N) is 3. The second kappa shape index (κ2) is 9.56. The van der Waals surface area contributed by atoms with Gasteiger partial charge in [-0.15, -0.1) is 11.8 Å². The molecular formula is C17H17Cl2N3O2S. The first-order valence-corrected chi connectivity index (χ1v) is 9.30. The smallest absolute Gasteiger partial charge is 0.305 e. The zero-order valence-corrected chi connectivity index (χ0v) is 15.8. The van der Waals surface area contributed by atoms with Gasteiger partial charge in [0.1, 0.15) is 0 Å². The average Bonchev–Trinajstić information content (AvgIpc) is 2.57. The highest BCUT2D eigenvalue weighted by molar-refractivity contribution is 7.99. The van der Waals surface area contributed by atoms with E-state index in [1.54, 1.807) is 18.2 Å². The summed E-state index contributed by atoms with van der Waals surface area (Å²) in [7, 11) is 0. The highest BCUT2D eigenvalue weighted by atomic mass is 35.5. The molecule has 0 fully saturated rings. The summed E-state index contributed by atoms with van der Waals surface area (Å²) in [5, 5.41) is 3.07. The van der Waals surface area contributed by atoms with Crippen LogP contribution in [0.4, 0.5) is 10.5 Å². The molecule has 0 aliphatic heterocycles. The van der Waals surface area contributed by atoms with Crippen LogP contribution in [-0.4, -0.2) is 17.7 Å². The molecule has 2 aromatic rings.